The SMILES string of the molecule is [CH2]CCCC1CN(c2ccccc2OC)CCN1. The molecular weight excluding hydrogens is 224 g/mol. The molecular formula is C15H23N2O. The van der Waals surface area contributed by atoms with Crippen molar-refractivity contribution in [3.05, 3.63) is 31.2 Å². The van der Waals surface area contributed by atoms with Crippen LogP contribution in [0.1, 0.15) is 19.3 Å². The van der Waals surface area contributed by atoms with E-state index in [2.05, 4.69) is 29.3 Å². The summed E-state index contributed by atoms with van der Waals surface area (Å²) in [6.07, 6.45) is 3.42. The van der Waals surface area contributed by atoms with Crippen molar-refractivity contribution in [3.8, 4) is 5.75 Å². The minimum absolute atomic E-state index is 0.574. The topological polar surface area (TPSA) is 24.5 Å². The predicted octanol–water partition coefficient (Wildman–Crippen LogP) is 2.48. The van der Waals surface area contributed by atoms with Gasteiger partial charge in [0.15, 0.2) is 0 Å². The molecule has 0 saturated carbocycles. The highest BCUT2D eigenvalue weighted by molar-refractivity contribution is 5.58. The normalized spacial score (nSPS) is 19.9. The maximum absolute atomic E-state index is 5.44. The number of hydrogen-bond acceptors (Lipinski definition) is 3. The van der Waals surface area contributed by atoms with Gasteiger partial charge in [0.05, 0.1) is 12.8 Å². The Morgan fingerprint density at radius 3 is 3.06 bits per heavy atom. The van der Waals surface area contributed by atoms with Gasteiger partial charge in [-0.2, -0.15) is 0 Å². The Labute approximate surface area is 110 Å². The Hall–Kier alpha value is -1.22. The molecule has 1 aromatic carbocycles. The fraction of sp³-hybridized carbons (Fsp3) is 0.533. The summed E-state index contributed by atoms with van der Waals surface area (Å²) >= 11 is 0. The molecule has 0 spiro atoms. The number of benzene rings is 1. The lowest BCUT2D eigenvalue weighted by Gasteiger charge is -2.36. The molecule has 1 saturated heterocycles. The first-order valence-corrected chi connectivity index (χ1v) is 6.75. The predicted molar refractivity (Wildman–Crippen MR) is 76.2 cm³/mol. The highest BCUT2D eigenvalue weighted by Gasteiger charge is 2.20. The smallest absolute Gasteiger partial charge is 0.142 e. The van der Waals surface area contributed by atoms with Gasteiger partial charge < -0.3 is 15.0 Å². The van der Waals surface area contributed by atoms with Crippen LogP contribution in [-0.4, -0.2) is 32.8 Å². The van der Waals surface area contributed by atoms with Crippen LogP contribution in [0, 0.1) is 6.92 Å². The third-order valence-corrected chi connectivity index (χ3v) is 3.48. The maximum atomic E-state index is 5.44. The van der Waals surface area contributed by atoms with Gasteiger partial charge in [-0.1, -0.05) is 31.9 Å². The molecule has 2 rings (SSSR count). The van der Waals surface area contributed by atoms with Gasteiger partial charge >= 0.3 is 0 Å². The van der Waals surface area contributed by atoms with Crippen LogP contribution in [0.25, 0.3) is 0 Å². The second-order valence-corrected chi connectivity index (χ2v) is 4.76. The summed E-state index contributed by atoms with van der Waals surface area (Å²) in [6.45, 7) is 7.05. The summed E-state index contributed by atoms with van der Waals surface area (Å²) in [5.74, 6) is 0.968. The molecule has 0 aromatic heterocycles. The number of para-hydroxylation sites is 2. The van der Waals surface area contributed by atoms with Crippen LogP contribution in [0.3, 0.4) is 0 Å². The monoisotopic (exact) mass is 247 g/mol. The number of nitrogens with one attached hydrogen (secondary N) is 1. The third-order valence-electron chi connectivity index (χ3n) is 3.48. The molecule has 0 amide bonds. The van der Waals surface area contributed by atoms with Gasteiger partial charge in [-0.25, -0.2) is 0 Å². The van der Waals surface area contributed by atoms with Gasteiger partial charge in [-0.05, 0) is 18.6 Å². The van der Waals surface area contributed by atoms with E-state index in [-0.39, 0.29) is 0 Å². The molecule has 99 valence electrons. The molecule has 1 aliphatic heterocycles. The minimum Gasteiger partial charge on any atom is -0.495 e. The van der Waals surface area contributed by atoms with Crippen molar-refractivity contribution in [1.82, 2.24) is 5.32 Å². The van der Waals surface area contributed by atoms with Crippen LogP contribution >= 0.6 is 0 Å². The largest absolute Gasteiger partial charge is 0.495 e. The average molecular weight is 247 g/mol. The van der Waals surface area contributed by atoms with Gasteiger partial charge in [-0.15, -0.1) is 0 Å². The third kappa shape index (κ3) is 3.16. The lowest BCUT2D eigenvalue weighted by molar-refractivity contribution is 0.401. The van der Waals surface area contributed by atoms with Gasteiger partial charge in [0.1, 0.15) is 5.75 Å². The van der Waals surface area contributed by atoms with Crippen LogP contribution < -0.4 is 15.0 Å². The lowest BCUT2D eigenvalue weighted by Crippen LogP contribution is -2.50. The van der Waals surface area contributed by atoms with Crippen LogP contribution in [-0.2, 0) is 0 Å². The molecule has 18 heavy (non-hydrogen) atoms. The van der Waals surface area contributed by atoms with E-state index in [0.717, 1.165) is 31.8 Å². The van der Waals surface area contributed by atoms with Gasteiger partial charge in [0, 0.05) is 25.7 Å². The van der Waals surface area contributed by atoms with Crippen molar-refractivity contribution in [3.63, 3.8) is 0 Å². The Bertz CT molecular complexity index is 367. The van der Waals surface area contributed by atoms with E-state index in [9.17, 15) is 0 Å². The number of nitrogens with zero attached hydrogens (tertiary/aromatic N) is 1. The van der Waals surface area contributed by atoms with Gasteiger partial charge in [0.2, 0.25) is 0 Å². The highest BCUT2D eigenvalue weighted by atomic mass is 16.5. The number of methoxy groups -OCH3 is 1. The molecule has 3 heteroatoms. The van der Waals surface area contributed by atoms with Crippen molar-refractivity contribution in [1.29, 1.82) is 0 Å². The van der Waals surface area contributed by atoms with E-state index in [0.29, 0.717) is 6.04 Å². The second kappa shape index (κ2) is 6.64. The molecule has 1 fully saturated rings. The lowest BCUT2D eigenvalue weighted by atomic mass is 10.1. The van der Waals surface area contributed by atoms with Crippen molar-refractivity contribution in [2.24, 2.45) is 0 Å². The summed E-state index contributed by atoms with van der Waals surface area (Å²) in [5, 5.41) is 3.58. The van der Waals surface area contributed by atoms with Crippen molar-refractivity contribution < 1.29 is 4.74 Å². The number of rotatable bonds is 5. The van der Waals surface area contributed by atoms with E-state index in [1.54, 1.807) is 7.11 Å². The van der Waals surface area contributed by atoms with Gasteiger partial charge in [-0.3, -0.25) is 0 Å². The van der Waals surface area contributed by atoms with E-state index in [1.807, 2.05) is 12.1 Å². The summed E-state index contributed by atoms with van der Waals surface area (Å²) in [5.41, 5.74) is 1.21. The molecule has 1 atom stereocenters. The number of hydrogen-bond donors (Lipinski definition) is 1. The average Bonchev–Trinajstić information content (AvgIpc) is 2.45. The first-order chi connectivity index (χ1) is 8.85. The van der Waals surface area contributed by atoms with Crippen molar-refractivity contribution in [2.45, 2.75) is 25.3 Å². The van der Waals surface area contributed by atoms with Gasteiger partial charge in [0.25, 0.3) is 0 Å². The molecule has 1 heterocycles. The van der Waals surface area contributed by atoms with Crippen LogP contribution in [0.15, 0.2) is 24.3 Å². The van der Waals surface area contributed by atoms with E-state index >= 15 is 0 Å². The molecule has 0 aliphatic carbocycles. The Morgan fingerprint density at radius 1 is 1.44 bits per heavy atom. The fourth-order valence-electron chi connectivity index (χ4n) is 2.52. The zero-order valence-electron chi connectivity index (χ0n) is 11.2. The first-order valence-electron chi connectivity index (χ1n) is 6.75. The summed E-state index contributed by atoms with van der Waals surface area (Å²) in [6, 6.07) is 8.84. The maximum Gasteiger partial charge on any atom is 0.142 e. The molecule has 1 aromatic rings. The number of unbranched alkanes of at least 4 members (excludes halogenated alkanes) is 1. The van der Waals surface area contributed by atoms with Crippen molar-refractivity contribution in [2.75, 3.05) is 31.6 Å². The Balaban J connectivity index is 2.03. The van der Waals surface area contributed by atoms with Crippen LogP contribution in [0.4, 0.5) is 5.69 Å². The molecule has 1 aliphatic rings. The quantitative estimate of drug-likeness (QED) is 0.865. The second-order valence-electron chi connectivity index (χ2n) is 4.76. The van der Waals surface area contributed by atoms with Crippen LogP contribution in [0.5, 0.6) is 5.75 Å². The zero-order valence-corrected chi connectivity index (χ0v) is 11.2. The number of ether oxygens (including phenoxy) is 1. The molecule has 0 bridgehead atoms. The molecule has 3 nitrogen and oxygen atoms in total. The summed E-state index contributed by atoms with van der Waals surface area (Å²) in [7, 11) is 1.74. The first kappa shape index (κ1) is 13.2. The number of anilines is 1. The summed E-state index contributed by atoms with van der Waals surface area (Å²) in [4.78, 5) is 2.42. The van der Waals surface area contributed by atoms with Crippen LogP contribution in [0.2, 0.25) is 0 Å². The van der Waals surface area contributed by atoms with E-state index in [4.69, 9.17) is 4.74 Å². The standard InChI is InChI=1S/C15H23N2O/c1-3-4-7-13-12-17(11-10-16-13)14-8-5-6-9-15(14)18-2/h5-6,8-9,13,16H,1,3-4,7,10-12H2,2H3. The Morgan fingerprint density at radius 2 is 2.28 bits per heavy atom. The number of piperazine rings is 1. The summed E-state index contributed by atoms with van der Waals surface area (Å²) < 4.78 is 5.44. The van der Waals surface area contributed by atoms with E-state index < -0.39 is 0 Å². The molecule has 1 radical (unpaired) electrons. The van der Waals surface area contributed by atoms with E-state index in [1.165, 1.54) is 18.5 Å². The van der Waals surface area contributed by atoms with Crippen molar-refractivity contribution >= 4 is 5.69 Å². The minimum atomic E-state index is 0.574. The Kier molecular flexibility index (Phi) is 4.88. The molecule has 1 N–H and O–H groups in total. The highest BCUT2D eigenvalue weighted by Crippen LogP contribution is 2.28. The molecule has 1 unspecified atom stereocenters. The fourth-order valence-corrected chi connectivity index (χ4v) is 2.52. The zero-order chi connectivity index (χ0) is 12.8.